The van der Waals surface area contributed by atoms with Crippen molar-refractivity contribution >= 4 is 5.91 Å². The molecule has 0 spiro atoms. The summed E-state index contributed by atoms with van der Waals surface area (Å²) in [7, 11) is 0. The van der Waals surface area contributed by atoms with Gasteiger partial charge in [0.2, 0.25) is 5.91 Å². The molecule has 0 heterocycles. The van der Waals surface area contributed by atoms with Gasteiger partial charge in [-0.15, -0.1) is 0 Å². The highest BCUT2D eigenvalue weighted by molar-refractivity contribution is 5.83. The summed E-state index contributed by atoms with van der Waals surface area (Å²) in [6.07, 6.45) is 10.4. The van der Waals surface area contributed by atoms with Gasteiger partial charge in [0.05, 0.1) is 0 Å². The SMILES string of the molecule is Cc1ccccc1CNC(=O)[C@]1(C)CCC[C@@]2(C)C1CCC1CC(C(C)C)CC[C@@H]12. The second-order valence-corrected chi connectivity index (χ2v) is 11.7. The van der Waals surface area contributed by atoms with E-state index in [0.29, 0.717) is 23.8 Å². The number of hydrogen-bond donors (Lipinski definition) is 1. The van der Waals surface area contributed by atoms with Crippen LogP contribution in [0.4, 0.5) is 0 Å². The third-order valence-corrected chi connectivity index (χ3v) is 9.84. The minimum Gasteiger partial charge on any atom is -0.352 e. The summed E-state index contributed by atoms with van der Waals surface area (Å²) in [5.74, 6) is 4.29. The molecule has 0 radical (unpaired) electrons. The molecule has 6 atom stereocenters. The maximum Gasteiger partial charge on any atom is 0.226 e. The van der Waals surface area contributed by atoms with Gasteiger partial charge in [0.1, 0.15) is 0 Å². The van der Waals surface area contributed by atoms with Gasteiger partial charge in [-0.25, -0.2) is 0 Å². The summed E-state index contributed by atoms with van der Waals surface area (Å²) in [4.78, 5) is 13.6. The van der Waals surface area contributed by atoms with E-state index in [1.165, 1.54) is 56.1 Å². The standard InChI is InChI=1S/C28H43NO/c1-19(2)21-11-13-24-22(17-21)12-14-25-27(24,4)15-8-16-28(25,5)26(30)29-18-23-10-7-6-9-20(23)3/h6-7,9-10,19,21-22,24-25H,8,11-18H2,1-5H3,(H,29,30)/t21?,22?,24-,25?,27+,28+/m0/s1. The summed E-state index contributed by atoms with van der Waals surface area (Å²) in [5, 5.41) is 3.36. The Balaban J connectivity index is 1.50. The predicted octanol–water partition coefficient (Wildman–Crippen LogP) is 6.91. The molecule has 1 aromatic rings. The van der Waals surface area contributed by atoms with E-state index in [0.717, 1.165) is 30.1 Å². The highest BCUT2D eigenvalue weighted by atomic mass is 16.2. The van der Waals surface area contributed by atoms with Crippen LogP contribution < -0.4 is 5.32 Å². The molecule has 3 saturated carbocycles. The van der Waals surface area contributed by atoms with E-state index < -0.39 is 0 Å². The predicted molar refractivity (Wildman–Crippen MR) is 125 cm³/mol. The lowest BCUT2D eigenvalue weighted by Gasteiger charge is -2.61. The molecule has 3 aliphatic rings. The normalized spacial score (nSPS) is 38.6. The van der Waals surface area contributed by atoms with Crippen LogP contribution in [-0.4, -0.2) is 5.91 Å². The number of carbonyl (C=O) groups is 1. The van der Waals surface area contributed by atoms with Crippen molar-refractivity contribution in [2.24, 2.45) is 40.4 Å². The first-order valence-electron chi connectivity index (χ1n) is 12.6. The van der Waals surface area contributed by atoms with Crippen LogP contribution in [0.25, 0.3) is 0 Å². The Morgan fingerprint density at radius 2 is 1.87 bits per heavy atom. The van der Waals surface area contributed by atoms with Gasteiger partial charge in [0.15, 0.2) is 0 Å². The second-order valence-electron chi connectivity index (χ2n) is 11.7. The van der Waals surface area contributed by atoms with E-state index in [1.807, 2.05) is 0 Å². The molecule has 4 rings (SSSR count). The Morgan fingerprint density at radius 3 is 2.60 bits per heavy atom. The molecule has 0 aromatic heterocycles. The maximum absolute atomic E-state index is 13.6. The molecule has 166 valence electrons. The van der Waals surface area contributed by atoms with Crippen LogP contribution in [0, 0.1) is 47.3 Å². The van der Waals surface area contributed by atoms with Crippen LogP contribution in [0.3, 0.4) is 0 Å². The number of carbonyl (C=O) groups excluding carboxylic acids is 1. The van der Waals surface area contributed by atoms with Crippen LogP contribution in [0.5, 0.6) is 0 Å². The number of hydrogen-bond acceptors (Lipinski definition) is 1. The minimum atomic E-state index is -0.213. The Bertz CT molecular complexity index is 770. The minimum absolute atomic E-state index is 0.213. The zero-order valence-corrected chi connectivity index (χ0v) is 20.0. The Kier molecular flexibility index (Phi) is 6.08. The highest BCUT2D eigenvalue weighted by Gasteiger charge is 2.59. The van der Waals surface area contributed by atoms with E-state index in [1.54, 1.807) is 0 Å². The topological polar surface area (TPSA) is 29.1 Å². The molecular formula is C28H43NO. The molecule has 2 nitrogen and oxygen atoms in total. The van der Waals surface area contributed by atoms with Crippen molar-refractivity contribution in [3.63, 3.8) is 0 Å². The number of nitrogens with one attached hydrogen (secondary N) is 1. The van der Waals surface area contributed by atoms with E-state index in [4.69, 9.17) is 0 Å². The highest BCUT2D eigenvalue weighted by Crippen LogP contribution is 2.64. The van der Waals surface area contributed by atoms with E-state index in [2.05, 4.69) is 64.2 Å². The summed E-state index contributed by atoms with van der Waals surface area (Å²) < 4.78 is 0. The van der Waals surface area contributed by atoms with Crippen molar-refractivity contribution in [2.75, 3.05) is 0 Å². The Morgan fingerprint density at radius 1 is 1.10 bits per heavy atom. The van der Waals surface area contributed by atoms with Crippen molar-refractivity contribution in [1.29, 1.82) is 0 Å². The first-order valence-corrected chi connectivity index (χ1v) is 12.6. The van der Waals surface area contributed by atoms with Crippen molar-refractivity contribution in [2.45, 2.75) is 92.5 Å². The number of benzene rings is 1. The summed E-state index contributed by atoms with van der Waals surface area (Å²) >= 11 is 0. The molecule has 2 heteroatoms. The average Bonchev–Trinajstić information content (AvgIpc) is 2.72. The number of fused-ring (bicyclic) bond motifs is 3. The van der Waals surface area contributed by atoms with Crippen LogP contribution >= 0.6 is 0 Å². The third-order valence-electron chi connectivity index (χ3n) is 9.84. The molecule has 1 N–H and O–H groups in total. The van der Waals surface area contributed by atoms with Crippen molar-refractivity contribution in [3.05, 3.63) is 35.4 Å². The molecule has 0 bridgehead atoms. The fraction of sp³-hybridized carbons (Fsp3) is 0.750. The van der Waals surface area contributed by atoms with Gasteiger partial charge in [-0.1, -0.05) is 58.4 Å². The summed E-state index contributed by atoms with van der Waals surface area (Å²) in [6.45, 7) is 12.5. The smallest absolute Gasteiger partial charge is 0.226 e. The molecule has 0 aliphatic heterocycles. The molecular weight excluding hydrogens is 366 g/mol. The molecule has 30 heavy (non-hydrogen) atoms. The van der Waals surface area contributed by atoms with Crippen molar-refractivity contribution < 1.29 is 4.79 Å². The lowest BCUT2D eigenvalue weighted by Crippen LogP contribution is -2.58. The van der Waals surface area contributed by atoms with Crippen molar-refractivity contribution in [3.8, 4) is 0 Å². The number of amides is 1. The third kappa shape index (κ3) is 3.73. The monoisotopic (exact) mass is 409 g/mol. The van der Waals surface area contributed by atoms with Crippen molar-refractivity contribution in [1.82, 2.24) is 5.32 Å². The van der Waals surface area contributed by atoms with Crippen LogP contribution in [0.2, 0.25) is 0 Å². The fourth-order valence-corrected chi connectivity index (χ4v) is 7.94. The Labute approximate surface area is 184 Å². The van der Waals surface area contributed by atoms with Crippen LogP contribution in [0.1, 0.15) is 90.2 Å². The van der Waals surface area contributed by atoms with Gasteiger partial charge in [-0.05, 0) is 98.0 Å². The van der Waals surface area contributed by atoms with Crippen LogP contribution in [-0.2, 0) is 11.3 Å². The van der Waals surface area contributed by atoms with Gasteiger partial charge in [-0.3, -0.25) is 4.79 Å². The molecule has 1 aromatic carbocycles. The maximum atomic E-state index is 13.6. The lowest BCUT2D eigenvalue weighted by atomic mass is 9.43. The molecule has 3 fully saturated rings. The van der Waals surface area contributed by atoms with Crippen LogP contribution in [0.15, 0.2) is 24.3 Å². The number of rotatable bonds is 4. The quantitative estimate of drug-likeness (QED) is 0.575. The Hall–Kier alpha value is -1.31. The van der Waals surface area contributed by atoms with Gasteiger partial charge in [-0.2, -0.15) is 0 Å². The van der Waals surface area contributed by atoms with Gasteiger partial charge < -0.3 is 5.32 Å². The zero-order valence-electron chi connectivity index (χ0n) is 20.0. The summed E-state index contributed by atoms with van der Waals surface area (Å²) in [5.41, 5.74) is 2.63. The number of aryl methyl sites for hydroxylation is 1. The fourth-order valence-electron chi connectivity index (χ4n) is 7.94. The lowest BCUT2D eigenvalue weighted by molar-refractivity contribution is -0.157. The largest absolute Gasteiger partial charge is 0.352 e. The average molecular weight is 410 g/mol. The first kappa shape index (κ1) is 21.9. The molecule has 1 amide bonds. The van der Waals surface area contributed by atoms with E-state index >= 15 is 0 Å². The zero-order chi connectivity index (χ0) is 21.5. The molecule has 0 saturated heterocycles. The summed E-state index contributed by atoms with van der Waals surface area (Å²) in [6, 6.07) is 8.42. The van der Waals surface area contributed by atoms with E-state index in [9.17, 15) is 4.79 Å². The molecule has 3 unspecified atom stereocenters. The first-order chi connectivity index (χ1) is 14.3. The van der Waals surface area contributed by atoms with E-state index in [-0.39, 0.29) is 5.41 Å². The van der Waals surface area contributed by atoms with Gasteiger partial charge in [0, 0.05) is 12.0 Å². The molecule has 3 aliphatic carbocycles. The van der Waals surface area contributed by atoms with Gasteiger partial charge >= 0.3 is 0 Å². The second kappa shape index (κ2) is 8.32. The van der Waals surface area contributed by atoms with Gasteiger partial charge in [0.25, 0.3) is 0 Å².